The number of piperidine rings is 1. The van der Waals surface area contributed by atoms with Crippen LogP contribution in [-0.2, 0) is 5.41 Å². The molecule has 1 aromatic carbocycles. The fourth-order valence-electron chi connectivity index (χ4n) is 3.79. The van der Waals surface area contributed by atoms with Crippen molar-refractivity contribution in [3.8, 4) is 0 Å². The zero-order valence-corrected chi connectivity index (χ0v) is 14.1. The highest BCUT2D eigenvalue weighted by Gasteiger charge is 2.40. The zero-order valence-electron chi connectivity index (χ0n) is 12.5. The smallest absolute Gasteiger partial charge is 0.116 e. The number of hydrogen-bond acceptors (Lipinski definition) is 2. The molecule has 1 N–H and O–H groups in total. The van der Waals surface area contributed by atoms with Crippen LogP contribution in [0.1, 0.15) is 50.9 Å². The molecular weight excluding hydrogens is 326 g/mol. The van der Waals surface area contributed by atoms with Crippen molar-refractivity contribution in [1.29, 1.82) is 0 Å². The number of aromatic nitrogens is 2. The topological polar surface area (TPSA) is 29.9 Å². The van der Waals surface area contributed by atoms with Gasteiger partial charge in [0.1, 0.15) is 5.82 Å². The van der Waals surface area contributed by atoms with Gasteiger partial charge >= 0.3 is 0 Å². The summed E-state index contributed by atoms with van der Waals surface area (Å²) in [5, 5.41) is 3.51. The van der Waals surface area contributed by atoms with Crippen molar-refractivity contribution in [1.82, 2.24) is 14.9 Å². The molecule has 0 bridgehead atoms. The maximum Gasteiger partial charge on any atom is 0.116 e. The first kappa shape index (κ1) is 13.8. The first-order valence-electron chi connectivity index (χ1n) is 8.12. The van der Waals surface area contributed by atoms with Gasteiger partial charge in [0.05, 0.1) is 11.0 Å². The molecule has 1 aliphatic heterocycles. The summed E-state index contributed by atoms with van der Waals surface area (Å²) in [7, 11) is 0. The van der Waals surface area contributed by atoms with Gasteiger partial charge in [-0.15, -0.1) is 0 Å². The summed E-state index contributed by atoms with van der Waals surface area (Å²) >= 11 is 3.59. The molecule has 1 aliphatic carbocycles. The van der Waals surface area contributed by atoms with Crippen LogP contribution >= 0.6 is 15.9 Å². The molecule has 2 aromatic rings. The van der Waals surface area contributed by atoms with E-state index >= 15 is 0 Å². The summed E-state index contributed by atoms with van der Waals surface area (Å²) < 4.78 is 3.69. The Bertz CT molecular complexity index is 666. The Balaban J connectivity index is 1.92. The molecule has 1 saturated heterocycles. The number of rotatable bonds is 3. The Labute approximate surface area is 134 Å². The summed E-state index contributed by atoms with van der Waals surface area (Å²) in [6.07, 6.45) is 6.23. The van der Waals surface area contributed by atoms with Crippen molar-refractivity contribution in [2.75, 3.05) is 13.1 Å². The lowest BCUT2D eigenvalue weighted by molar-refractivity contribution is 0.274. The minimum Gasteiger partial charge on any atom is -0.324 e. The van der Waals surface area contributed by atoms with Gasteiger partial charge in [0, 0.05) is 15.9 Å². The number of fused-ring (bicyclic) bond motifs is 1. The molecule has 2 heterocycles. The molecule has 4 heteroatoms. The van der Waals surface area contributed by atoms with E-state index < -0.39 is 0 Å². The van der Waals surface area contributed by atoms with Gasteiger partial charge in [-0.3, -0.25) is 0 Å². The predicted octanol–water partition coefficient (Wildman–Crippen LogP) is 4.16. The Kier molecular flexibility index (Phi) is 3.34. The highest BCUT2D eigenvalue weighted by atomic mass is 79.9. The number of nitrogens with one attached hydrogen (secondary N) is 1. The van der Waals surface area contributed by atoms with Gasteiger partial charge in [0.15, 0.2) is 0 Å². The molecule has 3 nitrogen and oxygen atoms in total. The summed E-state index contributed by atoms with van der Waals surface area (Å²) in [6.45, 7) is 4.56. The molecule has 4 rings (SSSR count). The fraction of sp³-hybridized carbons (Fsp3) is 0.588. The molecule has 0 amide bonds. The van der Waals surface area contributed by atoms with Gasteiger partial charge < -0.3 is 9.88 Å². The van der Waals surface area contributed by atoms with Crippen molar-refractivity contribution < 1.29 is 0 Å². The van der Waals surface area contributed by atoms with E-state index in [9.17, 15) is 0 Å². The molecule has 112 valence electrons. The molecule has 0 atom stereocenters. The average molecular weight is 348 g/mol. The van der Waals surface area contributed by atoms with Gasteiger partial charge in [-0.25, -0.2) is 4.98 Å². The summed E-state index contributed by atoms with van der Waals surface area (Å²) in [6, 6.07) is 7.23. The van der Waals surface area contributed by atoms with E-state index in [1.54, 1.807) is 0 Å². The van der Waals surface area contributed by atoms with Crippen LogP contribution in [0.3, 0.4) is 0 Å². The van der Waals surface area contributed by atoms with Crippen molar-refractivity contribution in [3.63, 3.8) is 0 Å². The molecule has 2 aliphatic rings. The Morgan fingerprint density at radius 3 is 2.76 bits per heavy atom. The molecule has 0 spiro atoms. The number of halogens is 1. The first-order valence-corrected chi connectivity index (χ1v) is 8.91. The van der Waals surface area contributed by atoms with Crippen LogP contribution in [0.25, 0.3) is 11.0 Å². The van der Waals surface area contributed by atoms with E-state index in [1.165, 1.54) is 43.4 Å². The molecule has 1 saturated carbocycles. The third kappa shape index (κ3) is 2.23. The minimum absolute atomic E-state index is 0.263. The molecule has 2 fully saturated rings. The Morgan fingerprint density at radius 2 is 2.10 bits per heavy atom. The normalized spacial score (nSPS) is 21.8. The second kappa shape index (κ2) is 5.10. The highest BCUT2D eigenvalue weighted by molar-refractivity contribution is 9.10. The van der Waals surface area contributed by atoms with E-state index in [0.29, 0.717) is 6.04 Å². The van der Waals surface area contributed by atoms with Crippen molar-refractivity contribution in [2.24, 2.45) is 0 Å². The van der Waals surface area contributed by atoms with E-state index in [4.69, 9.17) is 4.98 Å². The van der Waals surface area contributed by atoms with E-state index in [1.807, 2.05) is 0 Å². The maximum atomic E-state index is 5.11. The lowest BCUT2D eigenvalue weighted by Gasteiger charge is -2.36. The Morgan fingerprint density at radius 1 is 1.33 bits per heavy atom. The van der Waals surface area contributed by atoms with Crippen LogP contribution in [0.15, 0.2) is 22.7 Å². The minimum atomic E-state index is 0.263. The van der Waals surface area contributed by atoms with Crippen LogP contribution in [0, 0.1) is 0 Å². The lowest BCUT2D eigenvalue weighted by atomic mass is 9.76. The molecule has 21 heavy (non-hydrogen) atoms. The summed E-state index contributed by atoms with van der Waals surface area (Å²) in [4.78, 5) is 5.11. The number of imidazole rings is 1. The quantitative estimate of drug-likeness (QED) is 0.903. The molecule has 1 aromatic heterocycles. The lowest BCUT2D eigenvalue weighted by Crippen LogP contribution is -2.41. The van der Waals surface area contributed by atoms with Crippen LogP contribution in [0.5, 0.6) is 0 Å². The van der Waals surface area contributed by atoms with Crippen LogP contribution in [0.2, 0.25) is 0 Å². The third-order valence-electron chi connectivity index (χ3n) is 5.28. The van der Waals surface area contributed by atoms with Crippen molar-refractivity contribution in [3.05, 3.63) is 28.5 Å². The number of benzene rings is 1. The SMILES string of the molecule is CCC1(c2nc3cc(Br)ccc3n2C2CC2)CCNCC1. The van der Waals surface area contributed by atoms with Crippen LogP contribution < -0.4 is 5.32 Å². The van der Waals surface area contributed by atoms with E-state index in [2.05, 4.69) is 50.9 Å². The largest absolute Gasteiger partial charge is 0.324 e. The van der Waals surface area contributed by atoms with Gasteiger partial charge in [0.2, 0.25) is 0 Å². The van der Waals surface area contributed by atoms with E-state index in [-0.39, 0.29) is 5.41 Å². The van der Waals surface area contributed by atoms with Gasteiger partial charge in [-0.1, -0.05) is 22.9 Å². The van der Waals surface area contributed by atoms with E-state index in [0.717, 1.165) is 23.1 Å². The Hall–Kier alpha value is -0.870. The van der Waals surface area contributed by atoms with Crippen molar-refractivity contribution in [2.45, 2.75) is 50.5 Å². The van der Waals surface area contributed by atoms with Crippen LogP contribution in [-0.4, -0.2) is 22.6 Å². The number of hydrogen-bond donors (Lipinski definition) is 1. The second-order valence-electron chi connectivity index (χ2n) is 6.55. The third-order valence-corrected chi connectivity index (χ3v) is 5.77. The second-order valence-corrected chi connectivity index (χ2v) is 7.47. The summed E-state index contributed by atoms with van der Waals surface area (Å²) in [5.74, 6) is 1.35. The first-order chi connectivity index (χ1) is 10.2. The maximum absolute atomic E-state index is 5.11. The molecule has 0 unspecified atom stereocenters. The fourth-order valence-corrected chi connectivity index (χ4v) is 4.14. The van der Waals surface area contributed by atoms with Gasteiger partial charge in [-0.2, -0.15) is 0 Å². The predicted molar refractivity (Wildman–Crippen MR) is 89.8 cm³/mol. The highest BCUT2D eigenvalue weighted by Crippen LogP contribution is 2.45. The van der Waals surface area contributed by atoms with Crippen LogP contribution in [0.4, 0.5) is 0 Å². The molecular formula is C17H22BrN3. The van der Waals surface area contributed by atoms with Crippen molar-refractivity contribution >= 4 is 27.0 Å². The van der Waals surface area contributed by atoms with Gasteiger partial charge in [-0.05, 0) is 63.4 Å². The number of nitrogens with zero attached hydrogens (tertiary/aromatic N) is 2. The summed E-state index contributed by atoms with van der Waals surface area (Å²) in [5.41, 5.74) is 2.74. The molecule has 0 radical (unpaired) electrons. The zero-order chi connectivity index (χ0) is 14.4. The standard InChI is InChI=1S/C17H22BrN3/c1-2-17(7-9-19-10-8-17)16-20-14-11-12(18)3-6-15(14)21(16)13-4-5-13/h3,6,11,13,19H,2,4-5,7-10H2,1H3. The monoisotopic (exact) mass is 347 g/mol. The van der Waals surface area contributed by atoms with Gasteiger partial charge in [0.25, 0.3) is 0 Å². The average Bonchev–Trinajstić information content (AvgIpc) is 3.28.